The number of nitrogens with two attached hydrogens (primary N) is 1. The Hall–Kier alpha value is -2.34. The smallest absolute Gasteiger partial charge is 0.324 e. The maximum Gasteiger partial charge on any atom is 0.324 e. The quantitative estimate of drug-likeness (QED) is 0.664. The number of H-pyrrole nitrogens is 1. The second-order valence-corrected chi connectivity index (χ2v) is 3.92. The number of hydrogen-bond donors (Lipinski definition) is 4. The molecule has 0 aliphatic carbocycles. The summed E-state index contributed by atoms with van der Waals surface area (Å²) in [6, 6.07) is 7.20. The van der Waals surface area contributed by atoms with Gasteiger partial charge in [-0.15, -0.1) is 0 Å². The van der Waals surface area contributed by atoms with E-state index in [2.05, 4.69) is 20.8 Å². The Morgan fingerprint density at radius 2 is 2.06 bits per heavy atom. The van der Waals surface area contributed by atoms with Crippen LogP contribution in [0.5, 0.6) is 0 Å². The molecule has 1 aromatic heterocycles. The van der Waals surface area contributed by atoms with Gasteiger partial charge in [-0.2, -0.15) is 5.10 Å². The average Bonchev–Trinajstić information content (AvgIpc) is 2.79. The van der Waals surface area contributed by atoms with Crippen molar-refractivity contribution in [2.24, 2.45) is 5.73 Å². The molecule has 2 rings (SSSR count). The maximum atomic E-state index is 11.7. The van der Waals surface area contributed by atoms with Crippen molar-refractivity contribution < 1.29 is 4.79 Å². The fraction of sp³-hybridized carbons (Fsp3) is 0.167. The highest BCUT2D eigenvalue weighted by Crippen LogP contribution is 2.12. The van der Waals surface area contributed by atoms with Crippen LogP contribution in [0.1, 0.15) is 11.1 Å². The van der Waals surface area contributed by atoms with E-state index in [1.165, 1.54) is 0 Å². The first-order valence-electron chi connectivity index (χ1n) is 5.56. The van der Waals surface area contributed by atoms with E-state index in [4.69, 9.17) is 5.73 Å². The number of anilines is 2. The van der Waals surface area contributed by atoms with Crippen LogP contribution in [0.25, 0.3) is 0 Å². The first-order valence-corrected chi connectivity index (χ1v) is 5.56. The Balaban J connectivity index is 1.99. The monoisotopic (exact) mass is 245 g/mol. The molecule has 0 saturated heterocycles. The fourth-order valence-corrected chi connectivity index (χ4v) is 1.49. The van der Waals surface area contributed by atoms with Gasteiger partial charge in [0.1, 0.15) is 5.82 Å². The van der Waals surface area contributed by atoms with E-state index in [-0.39, 0.29) is 6.03 Å². The molecule has 0 aliphatic rings. The molecule has 0 saturated carbocycles. The Labute approximate surface area is 105 Å². The minimum atomic E-state index is -0.335. The van der Waals surface area contributed by atoms with Gasteiger partial charge in [0.05, 0.1) is 6.20 Å². The van der Waals surface area contributed by atoms with Crippen LogP contribution in [0.3, 0.4) is 0 Å². The van der Waals surface area contributed by atoms with Gasteiger partial charge in [0, 0.05) is 17.8 Å². The van der Waals surface area contributed by atoms with E-state index in [0.717, 1.165) is 16.8 Å². The van der Waals surface area contributed by atoms with Crippen molar-refractivity contribution >= 4 is 17.5 Å². The van der Waals surface area contributed by atoms with Gasteiger partial charge >= 0.3 is 6.03 Å². The molecule has 6 heteroatoms. The normalized spacial score (nSPS) is 10.1. The first kappa shape index (κ1) is 12.1. The van der Waals surface area contributed by atoms with Crippen LogP contribution in [-0.2, 0) is 6.54 Å². The number of aryl methyl sites for hydroxylation is 1. The first-order chi connectivity index (χ1) is 8.69. The third kappa shape index (κ3) is 2.86. The highest BCUT2D eigenvalue weighted by atomic mass is 16.2. The number of benzene rings is 1. The average molecular weight is 245 g/mol. The molecule has 0 atom stereocenters. The molecule has 0 spiro atoms. The van der Waals surface area contributed by atoms with Crippen LogP contribution in [0.2, 0.25) is 0 Å². The Kier molecular flexibility index (Phi) is 3.59. The highest BCUT2D eigenvalue weighted by molar-refractivity contribution is 5.99. The summed E-state index contributed by atoms with van der Waals surface area (Å²) in [5.74, 6) is 0.516. The molecular weight excluding hydrogens is 230 g/mol. The number of nitrogens with zero attached hydrogens (tertiary/aromatic N) is 1. The summed E-state index contributed by atoms with van der Waals surface area (Å²) in [6.07, 6.45) is 1.58. The summed E-state index contributed by atoms with van der Waals surface area (Å²) in [4.78, 5) is 11.7. The number of carbonyl (C=O) groups excluding carboxylic acids is 1. The molecule has 94 valence electrons. The van der Waals surface area contributed by atoms with E-state index in [1.807, 2.05) is 31.2 Å². The summed E-state index contributed by atoms with van der Waals surface area (Å²) in [7, 11) is 0. The summed E-state index contributed by atoms with van der Waals surface area (Å²) >= 11 is 0. The molecule has 0 aliphatic heterocycles. The van der Waals surface area contributed by atoms with E-state index in [9.17, 15) is 4.79 Å². The van der Waals surface area contributed by atoms with Crippen LogP contribution < -0.4 is 16.4 Å². The van der Waals surface area contributed by atoms with Gasteiger partial charge in [-0.3, -0.25) is 10.4 Å². The zero-order chi connectivity index (χ0) is 13.0. The fourth-order valence-electron chi connectivity index (χ4n) is 1.49. The van der Waals surface area contributed by atoms with Crippen molar-refractivity contribution in [1.82, 2.24) is 10.2 Å². The number of urea groups is 1. The van der Waals surface area contributed by atoms with Crippen molar-refractivity contribution in [3.05, 3.63) is 41.6 Å². The molecule has 0 radical (unpaired) electrons. The lowest BCUT2D eigenvalue weighted by molar-refractivity contribution is 0.262. The van der Waals surface area contributed by atoms with Crippen molar-refractivity contribution in [2.45, 2.75) is 13.5 Å². The molecule has 1 heterocycles. The molecule has 2 aromatic rings. The molecule has 18 heavy (non-hydrogen) atoms. The Bertz CT molecular complexity index is 532. The summed E-state index contributed by atoms with van der Waals surface area (Å²) < 4.78 is 0. The van der Waals surface area contributed by atoms with E-state index in [1.54, 1.807) is 6.20 Å². The second-order valence-electron chi connectivity index (χ2n) is 3.92. The van der Waals surface area contributed by atoms with E-state index < -0.39 is 0 Å². The van der Waals surface area contributed by atoms with Crippen LogP contribution in [0.4, 0.5) is 16.3 Å². The van der Waals surface area contributed by atoms with Crippen molar-refractivity contribution in [2.75, 3.05) is 10.6 Å². The van der Waals surface area contributed by atoms with E-state index in [0.29, 0.717) is 12.4 Å². The van der Waals surface area contributed by atoms with Gasteiger partial charge in [0.15, 0.2) is 0 Å². The lowest BCUT2D eigenvalue weighted by atomic mass is 10.2. The predicted octanol–water partition coefficient (Wildman–Crippen LogP) is 1.82. The molecule has 0 unspecified atom stereocenters. The van der Waals surface area contributed by atoms with Crippen LogP contribution in [0, 0.1) is 6.92 Å². The zero-order valence-electron chi connectivity index (χ0n) is 10.0. The van der Waals surface area contributed by atoms with Gasteiger partial charge in [0.25, 0.3) is 0 Å². The number of aromatic nitrogens is 2. The van der Waals surface area contributed by atoms with Gasteiger partial charge < -0.3 is 11.1 Å². The second kappa shape index (κ2) is 5.33. The molecular formula is C12H15N5O. The summed E-state index contributed by atoms with van der Waals surface area (Å²) in [5, 5.41) is 11.9. The maximum absolute atomic E-state index is 11.7. The Morgan fingerprint density at radius 1 is 1.33 bits per heavy atom. The largest absolute Gasteiger partial charge is 0.326 e. The molecule has 1 aromatic carbocycles. The topological polar surface area (TPSA) is 95.8 Å². The number of rotatable bonds is 3. The molecule has 5 N–H and O–H groups in total. The summed E-state index contributed by atoms with van der Waals surface area (Å²) in [5.41, 5.74) is 8.13. The number of hydrogen-bond acceptors (Lipinski definition) is 3. The molecule has 2 amide bonds. The van der Waals surface area contributed by atoms with Crippen molar-refractivity contribution in [3.8, 4) is 0 Å². The van der Waals surface area contributed by atoms with Gasteiger partial charge in [0.2, 0.25) is 0 Å². The number of carbonyl (C=O) groups is 1. The number of aromatic amines is 1. The van der Waals surface area contributed by atoms with Crippen LogP contribution in [-0.4, -0.2) is 16.2 Å². The van der Waals surface area contributed by atoms with Gasteiger partial charge in [-0.05, 0) is 19.1 Å². The predicted molar refractivity (Wildman–Crippen MR) is 70.3 cm³/mol. The lowest BCUT2D eigenvalue weighted by Crippen LogP contribution is -2.20. The van der Waals surface area contributed by atoms with Crippen LogP contribution in [0.15, 0.2) is 30.5 Å². The van der Waals surface area contributed by atoms with Gasteiger partial charge in [-0.25, -0.2) is 4.79 Å². The Morgan fingerprint density at radius 3 is 2.72 bits per heavy atom. The van der Waals surface area contributed by atoms with E-state index >= 15 is 0 Å². The highest BCUT2D eigenvalue weighted by Gasteiger charge is 2.07. The minimum absolute atomic E-state index is 0.316. The molecule has 0 fully saturated rings. The summed E-state index contributed by atoms with van der Waals surface area (Å²) in [6.45, 7) is 2.30. The van der Waals surface area contributed by atoms with Crippen LogP contribution >= 0.6 is 0 Å². The minimum Gasteiger partial charge on any atom is -0.326 e. The number of nitrogens with one attached hydrogen (secondary N) is 3. The van der Waals surface area contributed by atoms with Crippen molar-refractivity contribution in [3.63, 3.8) is 0 Å². The standard InChI is InChI=1S/C12H15N5O/c1-8-2-4-10(5-3-8)15-12(18)16-11-9(6-13)7-14-17-11/h2-5,7H,6,13H2,1H3,(H3,14,15,16,17,18). The third-order valence-electron chi connectivity index (χ3n) is 2.49. The number of amides is 2. The zero-order valence-corrected chi connectivity index (χ0v) is 10.0. The lowest BCUT2D eigenvalue weighted by Gasteiger charge is -2.07. The third-order valence-corrected chi connectivity index (χ3v) is 2.49. The SMILES string of the molecule is Cc1ccc(NC(=O)Nc2[nH]ncc2CN)cc1. The van der Waals surface area contributed by atoms with Crippen molar-refractivity contribution in [1.29, 1.82) is 0 Å². The molecule has 6 nitrogen and oxygen atoms in total. The van der Waals surface area contributed by atoms with Gasteiger partial charge in [-0.1, -0.05) is 17.7 Å². The molecule has 0 bridgehead atoms.